The molecule has 0 saturated heterocycles. The molecule has 0 aromatic heterocycles. The fourth-order valence-electron chi connectivity index (χ4n) is 1.79. The SMILES string of the molecule is CCCC[Si](Cl)(CCCC)C(C)(C)C. The summed E-state index contributed by atoms with van der Waals surface area (Å²) < 4.78 is 0. The summed E-state index contributed by atoms with van der Waals surface area (Å²) in [7, 11) is -1.52. The molecule has 0 N–H and O–H groups in total. The lowest BCUT2D eigenvalue weighted by Crippen LogP contribution is -2.37. The molecule has 0 nitrogen and oxygen atoms in total. The summed E-state index contributed by atoms with van der Waals surface area (Å²) in [6.45, 7) is 11.5. The molecule has 0 bridgehead atoms. The van der Waals surface area contributed by atoms with Crippen LogP contribution in [-0.4, -0.2) is 7.38 Å². The van der Waals surface area contributed by atoms with Crippen LogP contribution in [-0.2, 0) is 0 Å². The molecule has 0 heterocycles. The molecule has 14 heavy (non-hydrogen) atoms. The normalized spacial score (nSPS) is 13.3. The van der Waals surface area contributed by atoms with Gasteiger partial charge in [-0.3, -0.25) is 0 Å². The number of halogens is 1. The molecule has 0 amide bonds. The lowest BCUT2D eigenvalue weighted by atomic mass is 10.2. The van der Waals surface area contributed by atoms with E-state index in [0.717, 1.165) is 0 Å². The van der Waals surface area contributed by atoms with Crippen LogP contribution in [0.5, 0.6) is 0 Å². The summed E-state index contributed by atoms with van der Waals surface area (Å²) in [5, 5.41) is 0.360. The molecule has 0 saturated carbocycles. The minimum Gasteiger partial charge on any atom is -0.166 e. The fourth-order valence-corrected chi connectivity index (χ4v) is 6.17. The predicted molar refractivity (Wildman–Crippen MR) is 70.8 cm³/mol. The van der Waals surface area contributed by atoms with E-state index in [1.165, 1.54) is 37.8 Å². The monoisotopic (exact) mass is 234 g/mol. The van der Waals surface area contributed by atoms with E-state index in [2.05, 4.69) is 34.6 Å². The Morgan fingerprint density at radius 3 is 1.50 bits per heavy atom. The standard InChI is InChI=1S/C12H27ClSi/c1-6-8-10-14(13,11-9-7-2)12(3,4)5/h6-11H2,1-5H3. The van der Waals surface area contributed by atoms with Crippen molar-refractivity contribution in [2.24, 2.45) is 0 Å². The Balaban J connectivity index is 4.33. The molecular formula is C12H27ClSi. The highest BCUT2D eigenvalue weighted by Crippen LogP contribution is 2.46. The van der Waals surface area contributed by atoms with Crippen molar-refractivity contribution in [3.63, 3.8) is 0 Å². The fraction of sp³-hybridized carbons (Fsp3) is 1.00. The van der Waals surface area contributed by atoms with E-state index in [9.17, 15) is 0 Å². The molecule has 0 atom stereocenters. The molecule has 0 rings (SSSR count). The number of rotatable bonds is 6. The molecular weight excluding hydrogens is 208 g/mol. The Morgan fingerprint density at radius 2 is 1.29 bits per heavy atom. The van der Waals surface area contributed by atoms with Crippen LogP contribution in [0.15, 0.2) is 0 Å². The van der Waals surface area contributed by atoms with Crippen LogP contribution in [0.3, 0.4) is 0 Å². The van der Waals surface area contributed by atoms with Crippen LogP contribution in [0.25, 0.3) is 0 Å². The zero-order valence-electron chi connectivity index (χ0n) is 10.6. The van der Waals surface area contributed by atoms with Crippen molar-refractivity contribution < 1.29 is 0 Å². The first kappa shape index (κ1) is 14.5. The minimum atomic E-state index is -1.52. The molecule has 0 aliphatic carbocycles. The molecule has 0 spiro atoms. The number of unbranched alkanes of at least 4 members (excludes halogenated alkanes) is 2. The van der Waals surface area contributed by atoms with Gasteiger partial charge >= 0.3 is 0 Å². The van der Waals surface area contributed by atoms with Crippen LogP contribution >= 0.6 is 11.1 Å². The van der Waals surface area contributed by atoms with Crippen molar-refractivity contribution in [1.29, 1.82) is 0 Å². The first-order valence-corrected chi connectivity index (χ1v) is 9.49. The zero-order valence-corrected chi connectivity index (χ0v) is 12.4. The topological polar surface area (TPSA) is 0 Å². The van der Waals surface area contributed by atoms with Gasteiger partial charge in [0.15, 0.2) is 7.38 Å². The molecule has 0 aliphatic heterocycles. The summed E-state index contributed by atoms with van der Waals surface area (Å²) in [5.41, 5.74) is 0. The Hall–Kier alpha value is 0.507. The first-order chi connectivity index (χ1) is 6.37. The third-order valence-corrected chi connectivity index (χ3v) is 11.0. The van der Waals surface area contributed by atoms with Crippen LogP contribution in [0.2, 0.25) is 17.1 Å². The largest absolute Gasteiger partial charge is 0.166 e. The van der Waals surface area contributed by atoms with Gasteiger partial charge in [-0.2, -0.15) is 11.1 Å². The quantitative estimate of drug-likeness (QED) is 0.416. The van der Waals surface area contributed by atoms with Gasteiger partial charge in [0.05, 0.1) is 0 Å². The second kappa shape index (κ2) is 6.17. The van der Waals surface area contributed by atoms with E-state index in [1.807, 2.05) is 0 Å². The summed E-state index contributed by atoms with van der Waals surface area (Å²) in [4.78, 5) is 0. The Kier molecular flexibility index (Phi) is 6.39. The van der Waals surface area contributed by atoms with Gasteiger partial charge < -0.3 is 0 Å². The number of hydrogen-bond acceptors (Lipinski definition) is 0. The third-order valence-electron chi connectivity index (χ3n) is 3.20. The van der Waals surface area contributed by atoms with Crippen LogP contribution in [0, 0.1) is 0 Å². The Morgan fingerprint density at radius 1 is 0.929 bits per heavy atom. The predicted octanol–water partition coefficient (Wildman–Crippen LogP) is 5.57. The lowest BCUT2D eigenvalue weighted by molar-refractivity contribution is 0.693. The smallest absolute Gasteiger partial charge is 0.161 e. The van der Waals surface area contributed by atoms with Gasteiger partial charge in [0.1, 0.15) is 0 Å². The summed E-state index contributed by atoms with van der Waals surface area (Å²) in [6, 6.07) is 2.60. The van der Waals surface area contributed by atoms with Crippen molar-refractivity contribution >= 4 is 18.5 Å². The Bertz CT molecular complexity index is 141. The Labute approximate surface area is 96.1 Å². The maximum absolute atomic E-state index is 6.91. The minimum absolute atomic E-state index is 0.360. The second-order valence-corrected chi connectivity index (χ2v) is 12.0. The van der Waals surface area contributed by atoms with Gasteiger partial charge in [-0.05, 0) is 17.1 Å². The molecule has 0 aromatic carbocycles. The summed E-state index contributed by atoms with van der Waals surface area (Å²) in [6.07, 6.45) is 5.20. The van der Waals surface area contributed by atoms with Crippen LogP contribution in [0.4, 0.5) is 0 Å². The van der Waals surface area contributed by atoms with Crippen molar-refractivity contribution in [2.45, 2.75) is 77.4 Å². The van der Waals surface area contributed by atoms with E-state index < -0.39 is 7.38 Å². The second-order valence-electron chi connectivity index (χ2n) is 5.42. The van der Waals surface area contributed by atoms with Gasteiger partial charge in [0.2, 0.25) is 0 Å². The van der Waals surface area contributed by atoms with E-state index >= 15 is 0 Å². The van der Waals surface area contributed by atoms with E-state index in [4.69, 9.17) is 11.1 Å². The van der Waals surface area contributed by atoms with Crippen molar-refractivity contribution in [3.8, 4) is 0 Å². The number of hydrogen-bond donors (Lipinski definition) is 0. The molecule has 0 unspecified atom stereocenters. The van der Waals surface area contributed by atoms with Gasteiger partial charge in [0.25, 0.3) is 0 Å². The van der Waals surface area contributed by atoms with Crippen molar-refractivity contribution in [3.05, 3.63) is 0 Å². The molecule has 2 heteroatoms. The van der Waals surface area contributed by atoms with Crippen LogP contribution in [0.1, 0.15) is 60.3 Å². The first-order valence-electron chi connectivity index (χ1n) is 6.06. The maximum atomic E-state index is 6.91. The van der Waals surface area contributed by atoms with Crippen LogP contribution < -0.4 is 0 Å². The van der Waals surface area contributed by atoms with E-state index in [1.54, 1.807) is 0 Å². The highest BCUT2D eigenvalue weighted by molar-refractivity contribution is 7.21. The third kappa shape index (κ3) is 4.35. The molecule has 0 fully saturated rings. The molecule has 0 aliphatic rings. The van der Waals surface area contributed by atoms with Gasteiger partial charge in [-0.25, -0.2) is 0 Å². The average molecular weight is 235 g/mol. The highest BCUT2D eigenvalue weighted by atomic mass is 35.6. The van der Waals surface area contributed by atoms with E-state index in [-0.39, 0.29) is 0 Å². The highest BCUT2D eigenvalue weighted by Gasteiger charge is 2.41. The maximum Gasteiger partial charge on any atom is 0.161 e. The summed E-state index contributed by atoms with van der Waals surface area (Å²) in [5.74, 6) is 0. The van der Waals surface area contributed by atoms with E-state index in [0.29, 0.717) is 5.04 Å². The van der Waals surface area contributed by atoms with Gasteiger partial charge in [-0.15, -0.1) is 0 Å². The zero-order chi connectivity index (χ0) is 11.2. The molecule has 0 aromatic rings. The lowest BCUT2D eigenvalue weighted by Gasteiger charge is -2.37. The molecule has 0 radical (unpaired) electrons. The summed E-state index contributed by atoms with van der Waals surface area (Å²) >= 11 is 6.91. The van der Waals surface area contributed by atoms with Gasteiger partial charge in [-0.1, -0.05) is 60.3 Å². The molecule has 86 valence electrons. The van der Waals surface area contributed by atoms with Crippen molar-refractivity contribution in [2.75, 3.05) is 0 Å². The average Bonchev–Trinajstić information content (AvgIpc) is 2.09. The van der Waals surface area contributed by atoms with Crippen molar-refractivity contribution in [1.82, 2.24) is 0 Å². The van der Waals surface area contributed by atoms with Gasteiger partial charge in [0, 0.05) is 0 Å².